The van der Waals surface area contributed by atoms with Crippen LogP contribution in [0.15, 0.2) is 0 Å². The van der Waals surface area contributed by atoms with Gasteiger partial charge >= 0.3 is 5.97 Å². The van der Waals surface area contributed by atoms with Crippen molar-refractivity contribution >= 4 is 45.5 Å². The zero-order chi connectivity index (χ0) is 21.5. The highest BCUT2D eigenvalue weighted by atomic mass is 79.9. The summed E-state index contributed by atoms with van der Waals surface area (Å²) in [5.41, 5.74) is -3.40. The molecule has 0 bridgehead atoms. The van der Waals surface area contributed by atoms with E-state index in [0.717, 1.165) is 0 Å². The molecule has 0 heterocycles. The molecular formula is C13H17BrO10. The largest absolute Gasteiger partial charge is 0.433 e. The number of carbonyl (C=O) groups excluding carboxylic acids is 5. The Bertz CT molecular complexity index is 583. The molecular weight excluding hydrogens is 396 g/mol. The van der Waals surface area contributed by atoms with Gasteiger partial charge in [-0.3, -0.25) is 14.4 Å². The van der Waals surface area contributed by atoms with Crippen LogP contribution in [0.25, 0.3) is 0 Å². The molecule has 11 heteroatoms. The molecule has 0 aromatic rings. The summed E-state index contributed by atoms with van der Waals surface area (Å²) in [6.07, 6.45) is -10.1. The quantitative estimate of drug-likeness (QED) is 0.125. The number of esters is 1. The van der Waals surface area contributed by atoms with Crippen molar-refractivity contribution in [1.29, 1.82) is 0 Å². The number of hydrogen-bond donors (Lipinski definition) is 4. The van der Waals surface area contributed by atoms with E-state index < -0.39 is 72.4 Å². The van der Waals surface area contributed by atoms with E-state index in [2.05, 4.69) is 20.7 Å². The van der Waals surface area contributed by atoms with Crippen LogP contribution in [-0.2, 0) is 28.7 Å². The monoisotopic (exact) mass is 415 g/mol. The third-order valence-electron chi connectivity index (χ3n) is 2.89. The molecule has 24 heavy (non-hydrogen) atoms. The van der Waals surface area contributed by atoms with Gasteiger partial charge in [-0.2, -0.15) is 0 Å². The lowest BCUT2D eigenvalue weighted by Gasteiger charge is -2.29. The van der Waals surface area contributed by atoms with E-state index in [1.807, 2.05) is 0 Å². The average Bonchev–Trinajstić information content (AvgIpc) is 2.67. The molecule has 0 spiro atoms. The van der Waals surface area contributed by atoms with Gasteiger partial charge in [-0.1, -0.05) is 15.9 Å². The standard InChI is InChI=1S/C13H17BrO10/c1-5(16)13(6(2)17,8(19)3-14)24-12(23)11(22)10(21)9(20)7(18)4-15/h4,7,9-11,18,20-22H,3H2,1-2H3/t7-,9+,10-,11-/m0/s1/i1D,2D,3D/t3?,7-,9+,10-,11-. The van der Waals surface area contributed by atoms with Crippen LogP contribution in [-0.4, -0.2) is 85.4 Å². The van der Waals surface area contributed by atoms with Crippen molar-refractivity contribution in [2.45, 2.75) is 43.8 Å². The first kappa shape index (κ1) is 17.3. The molecule has 0 rings (SSSR count). The van der Waals surface area contributed by atoms with Crippen molar-refractivity contribution in [3.63, 3.8) is 0 Å². The first-order valence-corrected chi connectivity index (χ1v) is 6.99. The fraction of sp³-hybridized carbons (Fsp3) is 0.615. The molecule has 5 atom stereocenters. The molecule has 4 N–H and O–H groups in total. The second-order valence-electron chi connectivity index (χ2n) is 4.47. The van der Waals surface area contributed by atoms with Gasteiger partial charge in [0.2, 0.25) is 5.78 Å². The third-order valence-corrected chi connectivity index (χ3v) is 3.31. The lowest BCUT2D eigenvalue weighted by atomic mass is 9.90. The maximum absolute atomic E-state index is 12.2. The Kier molecular flexibility index (Phi) is 6.55. The Labute approximate surface area is 148 Å². The fourth-order valence-electron chi connectivity index (χ4n) is 1.49. The number of alkyl halides is 1. The van der Waals surface area contributed by atoms with Gasteiger partial charge in [-0.15, -0.1) is 0 Å². The lowest BCUT2D eigenvalue weighted by molar-refractivity contribution is -0.188. The van der Waals surface area contributed by atoms with Crippen molar-refractivity contribution in [1.82, 2.24) is 0 Å². The molecule has 10 nitrogen and oxygen atoms in total. The summed E-state index contributed by atoms with van der Waals surface area (Å²) in [6, 6.07) is 0. The number of halogens is 1. The van der Waals surface area contributed by atoms with Crippen LogP contribution < -0.4 is 0 Å². The van der Waals surface area contributed by atoms with Gasteiger partial charge in [0, 0.05) is 4.11 Å². The number of aliphatic hydroxyl groups is 4. The number of carbonyl (C=O) groups is 5. The third kappa shape index (κ3) is 4.51. The topological polar surface area (TPSA) is 176 Å². The van der Waals surface area contributed by atoms with Crippen LogP contribution >= 0.6 is 15.9 Å². The predicted octanol–water partition coefficient (Wildman–Crippen LogP) is -2.95. The second kappa shape index (κ2) is 9.08. The number of aldehydes is 1. The molecule has 0 aliphatic carbocycles. The molecule has 0 aliphatic rings. The highest BCUT2D eigenvalue weighted by Crippen LogP contribution is 2.20. The summed E-state index contributed by atoms with van der Waals surface area (Å²) < 4.78 is 25.8. The normalized spacial score (nSPS) is 19.5. The molecule has 0 amide bonds. The zero-order valence-electron chi connectivity index (χ0n) is 15.0. The lowest BCUT2D eigenvalue weighted by Crippen LogP contribution is -2.58. The van der Waals surface area contributed by atoms with Gasteiger partial charge < -0.3 is 30.0 Å². The maximum atomic E-state index is 12.2. The van der Waals surface area contributed by atoms with Gasteiger partial charge in [-0.05, 0) is 13.8 Å². The van der Waals surface area contributed by atoms with Gasteiger partial charge in [-0.25, -0.2) is 4.79 Å². The van der Waals surface area contributed by atoms with Gasteiger partial charge in [0.15, 0.2) is 24.0 Å². The Morgan fingerprint density at radius 2 is 1.67 bits per heavy atom. The summed E-state index contributed by atoms with van der Waals surface area (Å²) in [6.45, 7) is -2.54. The van der Waals surface area contributed by atoms with Crippen molar-refractivity contribution in [3.8, 4) is 0 Å². The van der Waals surface area contributed by atoms with E-state index in [-0.39, 0.29) is 6.29 Å². The van der Waals surface area contributed by atoms with Crippen LogP contribution in [0.2, 0.25) is 0 Å². The van der Waals surface area contributed by atoms with Crippen LogP contribution in [0.4, 0.5) is 0 Å². The average molecular weight is 416 g/mol. The van der Waals surface area contributed by atoms with Gasteiger partial charge in [0.25, 0.3) is 5.60 Å². The minimum atomic E-state index is -3.40. The van der Waals surface area contributed by atoms with E-state index in [1.54, 1.807) is 0 Å². The molecule has 0 aromatic heterocycles. The van der Waals surface area contributed by atoms with Crippen molar-refractivity contribution in [3.05, 3.63) is 0 Å². The molecule has 0 saturated heterocycles. The number of rotatable bonds is 10. The first-order valence-electron chi connectivity index (χ1n) is 8.07. The van der Waals surface area contributed by atoms with Crippen LogP contribution in [0.1, 0.15) is 17.9 Å². The predicted molar refractivity (Wildman–Crippen MR) is 79.1 cm³/mol. The maximum Gasteiger partial charge on any atom is 0.339 e. The number of ketones is 3. The van der Waals surface area contributed by atoms with Crippen LogP contribution in [0.5, 0.6) is 0 Å². The minimum Gasteiger partial charge on any atom is -0.433 e. The number of ether oxygens (including phenoxy) is 1. The van der Waals surface area contributed by atoms with Crippen molar-refractivity contribution in [2.24, 2.45) is 0 Å². The van der Waals surface area contributed by atoms with E-state index >= 15 is 0 Å². The Morgan fingerprint density at radius 1 is 1.17 bits per heavy atom. The zero-order valence-corrected chi connectivity index (χ0v) is 13.6. The highest BCUT2D eigenvalue weighted by molar-refractivity contribution is 9.09. The molecule has 0 aliphatic heterocycles. The van der Waals surface area contributed by atoms with E-state index in [4.69, 9.17) is 9.22 Å². The van der Waals surface area contributed by atoms with E-state index in [9.17, 15) is 39.3 Å². The van der Waals surface area contributed by atoms with Crippen LogP contribution in [0.3, 0.4) is 0 Å². The van der Waals surface area contributed by atoms with Crippen molar-refractivity contribution < 1.29 is 53.2 Å². The summed E-state index contributed by atoms with van der Waals surface area (Å²) >= 11 is 2.45. The Hall–Kier alpha value is -1.53. The number of Topliss-reactive ketones (excluding diaryl/α,β-unsaturated/α-hetero) is 3. The van der Waals surface area contributed by atoms with Gasteiger partial charge in [0.05, 0.1) is 5.31 Å². The van der Waals surface area contributed by atoms with Gasteiger partial charge in [0.1, 0.15) is 18.3 Å². The second-order valence-corrected chi connectivity index (χ2v) is 4.93. The summed E-state index contributed by atoms with van der Waals surface area (Å²) in [7, 11) is 0. The summed E-state index contributed by atoms with van der Waals surface area (Å²) in [4.78, 5) is 58.6. The SMILES string of the molecule is [2H]CC(=O)C(OC(=O)[C@@H](O)[C@@H](O)[C@H](O)[C@@H](O)C=O)(C(=O)C[2H])C(=O)C([2H])Br. The molecule has 0 saturated carbocycles. The van der Waals surface area contributed by atoms with Crippen molar-refractivity contribution in [2.75, 3.05) is 5.31 Å². The smallest absolute Gasteiger partial charge is 0.339 e. The first-order chi connectivity index (χ1) is 12.4. The Balaban J connectivity index is 5.95. The Morgan fingerprint density at radius 3 is 2.04 bits per heavy atom. The van der Waals surface area contributed by atoms with Crippen LogP contribution in [0, 0.1) is 0 Å². The van der Waals surface area contributed by atoms with E-state index in [0.29, 0.717) is 0 Å². The van der Waals surface area contributed by atoms with E-state index in [1.165, 1.54) is 0 Å². The molecule has 0 aromatic carbocycles. The molecule has 1 unspecified atom stereocenters. The molecule has 0 radical (unpaired) electrons. The summed E-state index contributed by atoms with van der Waals surface area (Å²) in [5, 5.41) is 35.8. The summed E-state index contributed by atoms with van der Waals surface area (Å²) in [5.74, 6) is -6.87. The number of aliphatic hydroxyl groups excluding tert-OH is 4. The highest BCUT2D eigenvalue weighted by Gasteiger charge is 2.52. The molecule has 136 valence electrons. The number of hydrogen-bond acceptors (Lipinski definition) is 10. The fourth-order valence-corrected chi connectivity index (χ4v) is 1.81. The molecule has 0 fully saturated rings. The minimum absolute atomic E-state index is 0.220.